The van der Waals surface area contributed by atoms with Gasteiger partial charge in [0.15, 0.2) is 0 Å². The fourth-order valence-corrected chi connectivity index (χ4v) is 1.15. The number of rotatable bonds is 5. The number of nitrogens with one attached hydrogen (secondary N) is 1. The number of ether oxygens (including phenoxy) is 1. The van der Waals surface area contributed by atoms with Crippen molar-refractivity contribution in [3.8, 4) is 0 Å². The maximum Gasteiger partial charge on any atom is 0.321 e. The van der Waals surface area contributed by atoms with Gasteiger partial charge in [0, 0.05) is 0 Å². The molecule has 0 spiro atoms. The number of hydrogen-bond acceptors (Lipinski definition) is 4. The molecule has 2 atom stereocenters. The predicted molar refractivity (Wildman–Crippen MR) is 45.2 cm³/mol. The van der Waals surface area contributed by atoms with Crippen LogP contribution in [0.25, 0.3) is 0 Å². The molecular weight excluding hydrogens is 156 g/mol. The SMILES string of the molecule is CCCC1NN1CC(=O)OCC. The third kappa shape index (κ3) is 2.79. The zero-order chi connectivity index (χ0) is 8.97. The van der Waals surface area contributed by atoms with E-state index in [2.05, 4.69) is 12.3 Å². The Kier molecular flexibility index (Phi) is 3.49. The Morgan fingerprint density at radius 1 is 1.58 bits per heavy atom. The Balaban J connectivity index is 2.06. The molecule has 1 heterocycles. The van der Waals surface area contributed by atoms with Crippen molar-refractivity contribution in [1.82, 2.24) is 10.4 Å². The lowest BCUT2D eigenvalue weighted by molar-refractivity contribution is -0.143. The minimum absolute atomic E-state index is 0.149. The second-order valence-corrected chi connectivity index (χ2v) is 2.87. The molecule has 0 aliphatic carbocycles. The van der Waals surface area contributed by atoms with Crippen molar-refractivity contribution < 1.29 is 9.53 Å². The largest absolute Gasteiger partial charge is 0.465 e. The van der Waals surface area contributed by atoms with Gasteiger partial charge in [-0.1, -0.05) is 13.3 Å². The summed E-state index contributed by atoms with van der Waals surface area (Å²) in [6.45, 7) is 4.78. The monoisotopic (exact) mass is 172 g/mol. The maximum absolute atomic E-state index is 10.9. The fourth-order valence-electron chi connectivity index (χ4n) is 1.15. The van der Waals surface area contributed by atoms with E-state index in [1.807, 2.05) is 11.9 Å². The summed E-state index contributed by atoms with van der Waals surface area (Å²) in [6, 6.07) is 0. The van der Waals surface area contributed by atoms with E-state index < -0.39 is 0 Å². The lowest BCUT2D eigenvalue weighted by atomic mass is 10.3. The molecule has 1 aliphatic heterocycles. The van der Waals surface area contributed by atoms with Gasteiger partial charge in [-0.15, -0.1) is 0 Å². The molecule has 0 amide bonds. The summed E-state index contributed by atoms with van der Waals surface area (Å²) in [5, 5.41) is 1.90. The number of hydrogen-bond donors (Lipinski definition) is 1. The molecule has 12 heavy (non-hydrogen) atoms. The van der Waals surface area contributed by atoms with E-state index in [4.69, 9.17) is 4.74 Å². The van der Waals surface area contributed by atoms with Crippen LogP contribution in [0.1, 0.15) is 26.7 Å². The molecule has 2 unspecified atom stereocenters. The highest BCUT2D eigenvalue weighted by Crippen LogP contribution is 2.13. The summed E-state index contributed by atoms with van der Waals surface area (Å²) in [5.74, 6) is -0.149. The van der Waals surface area contributed by atoms with E-state index in [0.717, 1.165) is 12.8 Å². The Morgan fingerprint density at radius 3 is 2.92 bits per heavy atom. The molecule has 0 aromatic heterocycles. The molecule has 0 aromatic carbocycles. The summed E-state index contributed by atoms with van der Waals surface area (Å²) < 4.78 is 4.80. The Labute approximate surface area is 72.8 Å². The topological polar surface area (TPSA) is 51.2 Å². The fraction of sp³-hybridized carbons (Fsp3) is 0.875. The van der Waals surface area contributed by atoms with Crippen LogP contribution < -0.4 is 5.43 Å². The smallest absolute Gasteiger partial charge is 0.321 e. The minimum Gasteiger partial charge on any atom is -0.465 e. The van der Waals surface area contributed by atoms with E-state index in [-0.39, 0.29) is 5.97 Å². The molecule has 0 radical (unpaired) electrons. The quantitative estimate of drug-likeness (QED) is 0.484. The molecule has 0 bridgehead atoms. The number of carbonyl (C=O) groups excluding carboxylic acids is 1. The average Bonchev–Trinajstić information content (AvgIpc) is 2.69. The first-order chi connectivity index (χ1) is 5.77. The van der Waals surface area contributed by atoms with E-state index in [1.165, 1.54) is 0 Å². The van der Waals surface area contributed by atoms with Crippen LogP contribution in [0.5, 0.6) is 0 Å². The van der Waals surface area contributed by atoms with Gasteiger partial charge in [0.05, 0.1) is 12.8 Å². The summed E-state index contributed by atoms with van der Waals surface area (Å²) in [7, 11) is 0. The predicted octanol–water partition coefficient (Wildman–Crippen LogP) is 0.496. The summed E-state index contributed by atoms with van der Waals surface area (Å²) in [6.07, 6.45) is 2.63. The first kappa shape index (κ1) is 9.48. The van der Waals surface area contributed by atoms with E-state index in [0.29, 0.717) is 19.3 Å². The summed E-state index contributed by atoms with van der Waals surface area (Å²) >= 11 is 0. The number of esters is 1. The van der Waals surface area contributed by atoms with Crippen LogP contribution in [0, 0.1) is 0 Å². The molecule has 1 fully saturated rings. The molecular formula is C8H16N2O2. The van der Waals surface area contributed by atoms with Gasteiger partial charge in [-0.2, -0.15) is 0 Å². The maximum atomic E-state index is 10.9. The molecule has 1 saturated heterocycles. The molecule has 4 heteroatoms. The van der Waals surface area contributed by atoms with Gasteiger partial charge in [-0.25, -0.2) is 10.4 Å². The lowest BCUT2D eigenvalue weighted by Crippen LogP contribution is -2.18. The van der Waals surface area contributed by atoms with Gasteiger partial charge in [-0.3, -0.25) is 4.79 Å². The lowest BCUT2D eigenvalue weighted by Gasteiger charge is -2.00. The first-order valence-electron chi connectivity index (χ1n) is 4.46. The zero-order valence-corrected chi connectivity index (χ0v) is 7.67. The van der Waals surface area contributed by atoms with Gasteiger partial charge in [0.2, 0.25) is 0 Å². The van der Waals surface area contributed by atoms with Crippen LogP contribution in [0.15, 0.2) is 0 Å². The van der Waals surface area contributed by atoms with Crippen molar-refractivity contribution in [1.29, 1.82) is 0 Å². The van der Waals surface area contributed by atoms with Crippen molar-refractivity contribution in [2.45, 2.75) is 32.9 Å². The Morgan fingerprint density at radius 2 is 2.33 bits per heavy atom. The van der Waals surface area contributed by atoms with Crippen LogP contribution >= 0.6 is 0 Å². The molecule has 1 aliphatic rings. The summed E-state index contributed by atoms with van der Waals surface area (Å²) in [5.41, 5.74) is 3.09. The van der Waals surface area contributed by atoms with Crippen LogP contribution in [0.4, 0.5) is 0 Å². The van der Waals surface area contributed by atoms with Gasteiger partial charge in [-0.05, 0) is 13.3 Å². The highest BCUT2D eigenvalue weighted by atomic mass is 16.5. The highest BCUT2D eigenvalue weighted by molar-refractivity contribution is 5.71. The molecule has 70 valence electrons. The van der Waals surface area contributed by atoms with E-state index in [9.17, 15) is 4.79 Å². The first-order valence-corrected chi connectivity index (χ1v) is 4.46. The number of hydrazine groups is 1. The van der Waals surface area contributed by atoms with Gasteiger partial charge >= 0.3 is 5.97 Å². The number of carbonyl (C=O) groups is 1. The molecule has 1 rings (SSSR count). The molecule has 4 nitrogen and oxygen atoms in total. The average molecular weight is 172 g/mol. The van der Waals surface area contributed by atoms with Crippen LogP contribution in [-0.2, 0) is 9.53 Å². The van der Waals surface area contributed by atoms with E-state index >= 15 is 0 Å². The van der Waals surface area contributed by atoms with Crippen molar-refractivity contribution in [3.63, 3.8) is 0 Å². The third-order valence-corrected chi connectivity index (χ3v) is 1.79. The Hall–Kier alpha value is -0.610. The molecule has 0 saturated carbocycles. The van der Waals surface area contributed by atoms with Gasteiger partial charge < -0.3 is 4.74 Å². The van der Waals surface area contributed by atoms with Gasteiger partial charge in [0.1, 0.15) is 6.54 Å². The zero-order valence-electron chi connectivity index (χ0n) is 7.67. The van der Waals surface area contributed by atoms with Crippen LogP contribution in [-0.4, -0.2) is 30.3 Å². The van der Waals surface area contributed by atoms with Crippen LogP contribution in [0.2, 0.25) is 0 Å². The van der Waals surface area contributed by atoms with Gasteiger partial charge in [0.25, 0.3) is 0 Å². The van der Waals surface area contributed by atoms with Crippen molar-refractivity contribution in [3.05, 3.63) is 0 Å². The van der Waals surface area contributed by atoms with Crippen molar-refractivity contribution >= 4 is 5.97 Å². The third-order valence-electron chi connectivity index (χ3n) is 1.79. The Bertz CT molecular complexity index is 161. The minimum atomic E-state index is -0.149. The number of nitrogens with zero attached hydrogens (tertiary/aromatic N) is 1. The second-order valence-electron chi connectivity index (χ2n) is 2.87. The highest BCUT2D eigenvalue weighted by Gasteiger charge is 2.33. The second kappa shape index (κ2) is 4.42. The van der Waals surface area contributed by atoms with Crippen molar-refractivity contribution in [2.75, 3.05) is 13.2 Å². The summed E-state index contributed by atoms with van der Waals surface area (Å²) in [4.78, 5) is 10.9. The normalized spacial score (nSPS) is 26.8. The molecule has 0 aromatic rings. The standard InChI is InChI=1S/C8H16N2O2/c1-3-5-7-9-10(7)6-8(11)12-4-2/h7,9H,3-6H2,1-2H3. The van der Waals surface area contributed by atoms with Crippen LogP contribution in [0.3, 0.4) is 0 Å². The molecule has 1 N–H and O–H groups in total. The van der Waals surface area contributed by atoms with E-state index in [1.54, 1.807) is 0 Å². The van der Waals surface area contributed by atoms with Crippen molar-refractivity contribution in [2.24, 2.45) is 0 Å².